The van der Waals surface area contributed by atoms with Gasteiger partial charge in [-0.05, 0) is 19.4 Å². The first kappa shape index (κ1) is 15.9. The van der Waals surface area contributed by atoms with Crippen molar-refractivity contribution in [2.75, 3.05) is 11.9 Å². The van der Waals surface area contributed by atoms with E-state index in [4.69, 9.17) is 0 Å². The van der Waals surface area contributed by atoms with E-state index in [0.29, 0.717) is 10.8 Å². The third-order valence-corrected chi connectivity index (χ3v) is 3.61. The molecule has 0 radical (unpaired) electrons. The second kappa shape index (κ2) is 7.00. The number of thiazole rings is 1. The number of nitrogens with one attached hydrogen (secondary N) is 1. The third-order valence-electron chi connectivity index (χ3n) is 2.86. The van der Waals surface area contributed by atoms with Crippen molar-refractivity contribution in [2.24, 2.45) is 0 Å². The quantitative estimate of drug-likeness (QED) is 0.503. The fourth-order valence-corrected chi connectivity index (χ4v) is 2.41. The molecule has 2 rings (SSSR count). The van der Waals surface area contributed by atoms with E-state index in [1.54, 1.807) is 6.92 Å². The molecule has 0 unspecified atom stereocenters. The molecule has 6 heteroatoms. The van der Waals surface area contributed by atoms with Crippen LogP contribution >= 0.6 is 11.3 Å². The lowest BCUT2D eigenvalue weighted by Crippen LogP contribution is -2.17. The van der Waals surface area contributed by atoms with Gasteiger partial charge in [0.25, 0.3) is 5.78 Å². The molecular formula is C16H16N2O3S. The zero-order chi connectivity index (χ0) is 16.1. The molecule has 22 heavy (non-hydrogen) atoms. The largest absolute Gasteiger partial charge is 0.460 e. The highest BCUT2D eigenvalue weighted by Gasteiger charge is 2.20. The second-order valence-corrected chi connectivity index (χ2v) is 5.42. The SMILES string of the molecule is C=C(Nc1nc(C(=O)C(=O)OCC)cs1)c1ccc(C)cc1. The number of carbonyl (C=O) groups excluding carboxylic acids is 2. The summed E-state index contributed by atoms with van der Waals surface area (Å²) < 4.78 is 4.67. The molecule has 114 valence electrons. The maximum absolute atomic E-state index is 11.8. The smallest absolute Gasteiger partial charge is 0.381 e. The molecule has 1 N–H and O–H groups in total. The lowest BCUT2D eigenvalue weighted by molar-refractivity contribution is -0.137. The Labute approximate surface area is 132 Å². The number of anilines is 1. The zero-order valence-corrected chi connectivity index (χ0v) is 13.2. The molecule has 1 heterocycles. The molecule has 0 bridgehead atoms. The summed E-state index contributed by atoms with van der Waals surface area (Å²) in [7, 11) is 0. The van der Waals surface area contributed by atoms with Gasteiger partial charge in [0.1, 0.15) is 5.69 Å². The van der Waals surface area contributed by atoms with Crippen LogP contribution in [0.2, 0.25) is 0 Å². The highest BCUT2D eigenvalue weighted by molar-refractivity contribution is 7.14. The molecule has 0 aliphatic carbocycles. The third kappa shape index (κ3) is 3.79. The Morgan fingerprint density at radius 2 is 2.00 bits per heavy atom. The summed E-state index contributed by atoms with van der Waals surface area (Å²) in [5, 5.41) is 5.05. The van der Waals surface area contributed by atoms with Crippen molar-refractivity contribution in [2.45, 2.75) is 13.8 Å². The second-order valence-electron chi connectivity index (χ2n) is 4.56. The molecule has 0 fully saturated rings. The number of carbonyl (C=O) groups is 2. The lowest BCUT2D eigenvalue weighted by Gasteiger charge is -2.06. The van der Waals surface area contributed by atoms with Gasteiger partial charge in [-0.15, -0.1) is 11.3 Å². The van der Waals surface area contributed by atoms with E-state index in [2.05, 4.69) is 21.6 Å². The number of hydrogen-bond acceptors (Lipinski definition) is 6. The van der Waals surface area contributed by atoms with Gasteiger partial charge in [0.15, 0.2) is 5.13 Å². The number of ketones is 1. The molecule has 0 amide bonds. The van der Waals surface area contributed by atoms with Gasteiger partial charge in [0.2, 0.25) is 0 Å². The van der Waals surface area contributed by atoms with Gasteiger partial charge < -0.3 is 10.1 Å². The normalized spacial score (nSPS) is 10.1. The fraction of sp³-hybridized carbons (Fsp3) is 0.188. The Bertz CT molecular complexity index is 704. The highest BCUT2D eigenvalue weighted by atomic mass is 32.1. The van der Waals surface area contributed by atoms with Crippen molar-refractivity contribution in [3.8, 4) is 0 Å². The summed E-state index contributed by atoms with van der Waals surface area (Å²) in [6.45, 7) is 7.76. The predicted molar refractivity (Wildman–Crippen MR) is 86.9 cm³/mol. The van der Waals surface area contributed by atoms with Crippen molar-refractivity contribution >= 4 is 33.9 Å². The van der Waals surface area contributed by atoms with Gasteiger partial charge in [0, 0.05) is 11.1 Å². The average molecular weight is 316 g/mol. The number of aromatic nitrogens is 1. The fourth-order valence-electron chi connectivity index (χ4n) is 1.69. The van der Waals surface area contributed by atoms with Crippen LogP contribution in [0.3, 0.4) is 0 Å². The summed E-state index contributed by atoms with van der Waals surface area (Å²) in [6.07, 6.45) is 0. The van der Waals surface area contributed by atoms with Crippen LogP contribution in [0.15, 0.2) is 36.2 Å². The topological polar surface area (TPSA) is 68.3 Å². The van der Waals surface area contributed by atoms with E-state index >= 15 is 0 Å². The Balaban J connectivity index is 2.05. The first-order chi connectivity index (χ1) is 10.5. The van der Waals surface area contributed by atoms with E-state index in [1.165, 1.54) is 16.7 Å². The molecule has 1 aromatic carbocycles. The number of aryl methyl sites for hydroxylation is 1. The summed E-state index contributed by atoms with van der Waals surface area (Å²) in [4.78, 5) is 27.2. The predicted octanol–water partition coefficient (Wildman–Crippen LogP) is 3.28. The number of rotatable bonds is 6. The number of Topliss-reactive ketones (excluding diaryl/α,β-unsaturated/α-hetero) is 1. The minimum absolute atomic E-state index is 0.0719. The van der Waals surface area contributed by atoms with Crippen LogP contribution in [0.25, 0.3) is 5.70 Å². The molecule has 0 saturated heterocycles. The number of nitrogens with zero attached hydrogens (tertiary/aromatic N) is 1. The highest BCUT2D eigenvalue weighted by Crippen LogP contribution is 2.21. The number of hydrogen-bond donors (Lipinski definition) is 1. The van der Waals surface area contributed by atoms with Gasteiger partial charge in [-0.3, -0.25) is 4.79 Å². The summed E-state index contributed by atoms with van der Waals surface area (Å²) in [5.74, 6) is -1.64. The van der Waals surface area contributed by atoms with Crippen LogP contribution in [0.4, 0.5) is 5.13 Å². The van der Waals surface area contributed by atoms with Crippen LogP contribution in [0, 0.1) is 6.92 Å². The van der Waals surface area contributed by atoms with E-state index in [-0.39, 0.29) is 12.3 Å². The Morgan fingerprint density at radius 3 is 2.64 bits per heavy atom. The van der Waals surface area contributed by atoms with Crippen molar-refractivity contribution in [3.63, 3.8) is 0 Å². The van der Waals surface area contributed by atoms with Crippen LogP contribution in [-0.4, -0.2) is 23.3 Å². The van der Waals surface area contributed by atoms with Crippen molar-refractivity contribution in [3.05, 3.63) is 53.0 Å². The minimum Gasteiger partial charge on any atom is -0.460 e. The summed E-state index contributed by atoms with van der Waals surface area (Å²) >= 11 is 1.23. The van der Waals surface area contributed by atoms with Gasteiger partial charge in [-0.1, -0.05) is 36.4 Å². The molecule has 0 atom stereocenters. The minimum atomic E-state index is -0.892. The van der Waals surface area contributed by atoms with Crippen LogP contribution in [0.5, 0.6) is 0 Å². The number of benzene rings is 1. The standard InChI is InChI=1S/C16H16N2O3S/c1-4-21-15(20)14(19)13-9-22-16(18-13)17-11(3)12-7-5-10(2)6-8-12/h5-9H,3-4H2,1-2H3,(H,17,18). The van der Waals surface area contributed by atoms with Gasteiger partial charge >= 0.3 is 5.97 Å². The zero-order valence-electron chi connectivity index (χ0n) is 12.4. The first-order valence-corrected chi connectivity index (χ1v) is 7.59. The van der Waals surface area contributed by atoms with Gasteiger partial charge in [0.05, 0.1) is 6.61 Å². The molecular weight excluding hydrogens is 300 g/mol. The monoisotopic (exact) mass is 316 g/mol. The molecule has 0 aliphatic heterocycles. The van der Waals surface area contributed by atoms with E-state index in [1.807, 2.05) is 31.2 Å². The number of esters is 1. The van der Waals surface area contributed by atoms with Gasteiger partial charge in [-0.2, -0.15) is 0 Å². The Hall–Kier alpha value is -2.47. The van der Waals surface area contributed by atoms with Crippen molar-refractivity contribution in [1.29, 1.82) is 0 Å². The molecule has 1 aromatic heterocycles. The summed E-state index contributed by atoms with van der Waals surface area (Å²) in [5.41, 5.74) is 2.83. The molecule has 0 spiro atoms. The Morgan fingerprint density at radius 1 is 1.32 bits per heavy atom. The van der Waals surface area contributed by atoms with Crippen LogP contribution in [-0.2, 0) is 9.53 Å². The molecule has 0 aliphatic rings. The molecule has 0 saturated carbocycles. The number of ether oxygens (including phenoxy) is 1. The van der Waals surface area contributed by atoms with Crippen LogP contribution in [0.1, 0.15) is 28.5 Å². The first-order valence-electron chi connectivity index (χ1n) is 6.71. The molecule has 2 aromatic rings. The van der Waals surface area contributed by atoms with Crippen LogP contribution < -0.4 is 5.32 Å². The van der Waals surface area contributed by atoms with E-state index in [9.17, 15) is 9.59 Å². The van der Waals surface area contributed by atoms with E-state index in [0.717, 1.165) is 11.1 Å². The van der Waals surface area contributed by atoms with Crippen molar-refractivity contribution in [1.82, 2.24) is 4.98 Å². The Kier molecular flexibility index (Phi) is 5.06. The molecule has 5 nitrogen and oxygen atoms in total. The van der Waals surface area contributed by atoms with E-state index < -0.39 is 11.8 Å². The average Bonchev–Trinajstić information content (AvgIpc) is 2.95. The van der Waals surface area contributed by atoms with Gasteiger partial charge in [-0.25, -0.2) is 9.78 Å². The lowest BCUT2D eigenvalue weighted by atomic mass is 10.1. The summed E-state index contributed by atoms with van der Waals surface area (Å²) in [6, 6.07) is 7.87. The maximum atomic E-state index is 11.8. The van der Waals surface area contributed by atoms with Crippen molar-refractivity contribution < 1.29 is 14.3 Å². The maximum Gasteiger partial charge on any atom is 0.381 e.